The van der Waals surface area contributed by atoms with Gasteiger partial charge in [-0.15, -0.1) is 0 Å². The van der Waals surface area contributed by atoms with Gasteiger partial charge < -0.3 is 13.9 Å². The van der Waals surface area contributed by atoms with Crippen molar-refractivity contribution in [3.63, 3.8) is 0 Å². The zero-order chi connectivity index (χ0) is 44.3. The minimum Gasteiger partial charge on any atom is -0.456 e. The molecule has 0 aliphatic rings. The van der Waals surface area contributed by atoms with Gasteiger partial charge in [0.1, 0.15) is 11.2 Å². The van der Waals surface area contributed by atoms with Crippen molar-refractivity contribution in [2.24, 2.45) is 0 Å². The van der Waals surface area contributed by atoms with E-state index in [0.717, 1.165) is 61.4 Å². The Bertz CT molecular complexity index is 3890. The molecule has 0 aliphatic carbocycles. The third kappa shape index (κ3) is 6.76. The average Bonchev–Trinajstić information content (AvgIpc) is 3.95. The first-order valence-corrected chi connectivity index (χ1v) is 22.9. The predicted molar refractivity (Wildman–Crippen MR) is 282 cm³/mol. The van der Waals surface area contributed by atoms with Crippen LogP contribution in [0.4, 0.5) is 17.1 Å². The molecule has 0 saturated heterocycles. The van der Waals surface area contributed by atoms with Crippen molar-refractivity contribution in [3.05, 3.63) is 255 Å². The van der Waals surface area contributed by atoms with E-state index in [0.29, 0.717) is 0 Å². The zero-order valence-electron chi connectivity index (χ0n) is 36.6. The van der Waals surface area contributed by atoms with Crippen LogP contribution in [0.1, 0.15) is 0 Å². The first-order valence-electron chi connectivity index (χ1n) is 22.9. The van der Waals surface area contributed by atoms with Gasteiger partial charge in [-0.1, -0.05) is 176 Å². The van der Waals surface area contributed by atoms with Crippen molar-refractivity contribution in [1.82, 2.24) is 4.57 Å². The van der Waals surface area contributed by atoms with Crippen LogP contribution < -0.4 is 4.90 Å². The van der Waals surface area contributed by atoms with Gasteiger partial charge in [-0.25, -0.2) is 0 Å². The van der Waals surface area contributed by atoms with Gasteiger partial charge in [-0.3, -0.25) is 0 Å². The molecular formula is C64H42N2O. The van der Waals surface area contributed by atoms with Crippen molar-refractivity contribution in [1.29, 1.82) is 0 Å². The second kappa shape index (κ2) is 16.0. The standard InChI is InChI=1S/C64H42N2O/c1-2-15-55-47(11-1)12-10-19-56(55)48-25-23-43(24-26-48)44-27-34-51(35-28-44)65(53-38-31-46(32-39-53)50-33-40-60-59-18-5-8-22-63(59)67-64(60)42-50)52-36-29-45(30-37-52)49-13-9-14-54(41-49)66-61-20-6-3-16-57(61)58-17-4-7-21-62(58)66/h1-42H. The number of furan rings is 1. The summed E-state index contributed by atoms with van der Waals surface area (Å²) >= 11 is 0. The summed E-state index contributed by atoms with van der Waals surface area (Å²) in [6.45, 7) is 0. The Kier molecular flexibility index (Phi) is 9.17. The number of nitrogens with zero attached hydrogens (tertiary/aromatic N) is 2. The van der Waals surface area contributed by atoms with Gasteiger partial charge in [0.05, 0.1) is 11.0 Å². The lowest BCUT2D eigenvalue weighted by atomic mass is 9.96. The third-order valence-electron chi connectivity index (χ3n) is 13.4. The molecular weight excluding hydrogens is 813 g/mol. The summed E-state index contributed by atoms with van der Waals surface area (Å²) in [7, 11) is 0. The minimum absolute atomic E-state index is 0.897. The molecule has 0 unspecified atom stereocenters. The van der Waals surface area contributed by atoms with Crippen LogP contribution in [0.2, 0.25) is 0 Å². The molecule has 314 valence electrons. The maximum atomic E-state index is 6.27. The first-order chi connectivity index (χ1) is 33.2. The fourth-order valence-electron chi connectivity index (χ4n) is 10.1. The molecule has 0 N–H and O–H groups in total. The van der Waals surface area contributed by atoms with Gasteiger partial charge in [0.25, 0.3) is 0 Å². The Balaban J connectivity index is 0.849. The highest BCUT2D eigenvalue weighted by Crippen LogP contribution is 2.40. The topological polar surface area (TPSA) is 21.3 Å². The minimum atomic E-state index is 0.897. The summed E-state index contributed by atoms with van der Waals surface area (Å²) in [5.74, 6) is 0. The molecule has 3 heteroatoms. The molecule has 0 atom stereocenters. The molecule has 11 aromatic carbocycles. The summed E-state index contributed by atoms with van der Waals surface area (Å²) in [5, 5.41) is 7.31. The van der Waals surface area contributed by atoms with Gasteiger partial charge in [-0.2, -0.15) is 0 Å². The van der Waals surface area contributed by atoms with Gasteiger partial charge >= 0.3 is 0 Å². The zero-order valence-corrected chi connectivity index (χ0v) is 36.6. The fraction of sp³-hybridized carbons (Fsp3) is 0. The van der Waals surface area contributed by atoms with E-state index in [1.807, 2.05) is 12.1 Å². The van der Waals surface area contributed by atoms with E-state index >= 15 is 0 Å². The summed E-state index contributed by atoms with van der Waals surface area (Å²) < 4.78 is 8.65. The van der Waals surface area contributed by atoms with Crippen LogP contribution in [0.5, 0.6) is 0 Å². The molecule has 67 heavy (non-hydrogen) atoms. The lowest BCUT2D eigenvalue weighted by molar-refractivity contribution is 0.669. The second-order valence-electron chi connectivity index (χ2n) is 17.3. The summed E-state index contributed by atoms with van der Waals surface area (Å²) in [6, 6.07) is 91.9. The fourth-order valence-corrected chi connectivity index (χ4v) is 10.1. The molecule has 0 fully saturated rings. The van der Waals surface area contributed by atoms with Crippen LogP contribution in [0, 0.1) is 0 Å². The van der Waals surface area contributed by atoms with Crippen molar-refractivity contribution in [3.8, 4) is 50.2 Å². The van der Waals surface area contributed by atoms with E-state index in [1.165, 1.54) is 60.4 Å². The van der Waals surface area contributed by atoms with Crippen LogP contribution in [-0.4, -0.2) is 4.57 Å². The van der Waals surface area contributed by atoms with E-state index in [1.54, 1.807) is 0 Å². The van der Waals surface area contributed by atoms with Crippen LogP contribution in [-0.2, 0) is 0 Å². The smallest absolute Gasteiger partial charge is 0.136 e. The quantitative estimate of drug-likeness (QED) is 0.152. The summed E-state index contributed by atoms with van der Waals surface area (Å²) in [4.78, 5) is 2.35. The lowest BCUT2D eigenvalue weighted by Crippen LogP contribution is -2.09. The second-order valence-corrected chi connectivity index (χ2v) is 17.3. The number of para-hydroxylation sites is 3. The maximum absolute atomic E-state index is 6.27. The molecule has 2 heterocycles. The Hall–Kier alpha value is -8.92. The molecule has 0 saturated carbocycles. The summed E-state index contributed by atoms with van der Waals surface area (Å²) in [6.07, 6.45) is 0. The van der Waals surface area contributed by atoms with E-state index < -0.39 is 0 Å². The normalized spacial score (nSPS) is 11.6. The van der Waals surface area contributed by atoms with E-state index in [4.69, 9.17) is 4.42 Å². The Morgan fingerprint density at radius 3 is 1.37 bits per heavy atom. The first kappa shape index (κ1) is 38.5. The van der Waals surface area contributed by atoms with Gasteiger partial charge in [0, 0.05) is 44.3 Å². The average molecular weight is 855 g/mol. The highest BCUT2D eigenvalue weighted by Gasteiger charge is 2.17. The molecule has 13 rings (SSSR count). The van der Waals surface area contributed by atoms with Crippen molar-refractivity contribution < 1.29 is 4.42 Å². The van der Waals surface area contributed by atoms with Crippen LogP contribution in [0.15, 0.2) is 259 Å². The Morgan fingerprint density at radius 1 is 0.284 bits per heavy atom. The predicted octanol–water partition coefficient (Wildman–Crippen LogP) is 18.0. The molecule has 3 nitrogen and oxygen atoms in total. The van der Waals surface area contributed by atoms with Crippen LogP contribution in [0.25, 0.3) is 105 Å². The molecule has 2 aromatic heterocycles. The number of anilines is 3. The molecule has 0 bridgehead atoms. The number of fused-ring (bicyclic) bond motifs is 7. The molecule has 0 aliphatic heterocycles. The van der Waals surface area contributed by atoms with E-state index in [-0.39, 0.29) is 0 Å². The largest absolute Gasteiger partial charge is 0.456 e. The highest BCUT2D eigenvalue weighted by molar-refractivity contribution is 6.09. The monoisotopic (exact) mass is 854 g/mol. The van der Waals surface area contributed by atoms with E-state index in [9.17, 15) is 0 Å². The van der Waals surface area contributed by atoms with Crippen molar-refractivity contribution in [2.75, 3.05) is 4.90 Å². The number of aromatic nitrogens is 1. The van der Waals surface area contributed by atoms with Gasteiger partial charge in [-0.05, 0) is 134 Å². The van der Waals surface area contributed by atoms with Gasteiger partial charge in [0.2, 0.25) is 0 Å². The lowest BCUT2D eigenvalue weighted by Gasteiger charge is -2.26. The number of hydrogen-bond acceptors (Lipinski definition) is 2. The molecule has 0 spiro atoms. The maximum Gasteiger partial charge on any atom is 0.136 e. The number of benzene rings is 11. The molecule has 13 aromatic rings. The van der Waals surface area contributed by atoms with Crippen molar-refractivity contribution >= 4 is 71.6 Å². The SMILES string of the molecule is c1cc(-c2ccc(N(c3ccc(-c4ccc(-c5cccc6ccccc56)cc4)cc3)c3ccc(-c4ccc5c(c4)oc4ccccc45)cc3)cc2)cc(-n2c3ccccc3c3ccccc32)c1. The number of rotatable bonds is 8. The van der Waals surface area contributed by atoms with Crippen molar-refractivity contribution in [2.45, 2.75) is 0 Å². The van der Waals surface area contributed by atoms with Crippen LogP contribution >= 0.6 is 0 Å². The van der Waals surface area contributed by atoms with E-state index in [2.05, 4.69) is 252 Å². The molecule has 0 radical (unpaired) electrons. The summed E-state index contributed by atoms with van der Waals surface area (Å²) in [5.41, 5.74) is 18.0. The third-order valence-corrected chi connectivity index (χ3v) is 13.4. The number of hydrogen-bond donors (Lipinski definition) is 0. The van der Waals surface area contributed by atoms with Gasteiger partial charge in [0.15, 0.2) is 0 Å². The van der Waals surface area contributed by atoms with Crippen LogP contribution in [0.3, 0.4) is 0 Å². The molecule has 0 amide bonds. The highest BCUT2D eigenvalue weighted by atomic mass is 16.3. The Labute approximate surface area is 388 Å². The Morgan fingerprint density at radius 2 is 0.731 bits per heavy atom.